The topological polar surface area (TPSA) is 55.5 Å². The van der Waals surface area contributed by atoms with Crippen molar-refractivity contribution in [3.63, 3.8) is 0 Å². The van der Waals surface area contributed by atoms with Gasteiger partial charge in [-0.1, -0.05) is 18.2 Å². The Kier molecular flexibility index (Phi) is 3.23. The number of nitrogens with two attached hydrogens (primary N) is 1. The van der Waals surface area contributed by atoms with Crippen molar-refractivity contribution in [3.05, 3.63) is 30.3 Å². The molecule has 82 valence electrons. The van der Waals surface area contributed by atoms with Crippen LogP contribution < -0.4 is 10.5 Å². The van der Waals surface area contributed by atoms with E-state index < -0.39 is 0 Å². The van der Waals surface area contributed by atoms with Crippen molar-refractivity contribution in [3.8, 4) is 5.75 Å². The van der Waals surface area contributed by atoms with E-state index in [4.69, 9.17) is 10.5 Å². The Balaban J connectivity index is 1.95. The highest BCUT2D eigenvalue weighted by atomic mass is 16.5. The van der Waals surface area contributed by atoms with E-state index in [0.29, 0.717) is 5.92 Å². The van der Waals surface area contributed by atoms with Gasteiger partial charge >= 0.3 is 0 Å². The first kappa shape index (κ1) is 10.5. The smallest absolute Gasteiger partial charge is 0.137 e. The fourth-order valence-electron chi connectivity index (χ4n) is 1.70. The van der Waals surface area contributed by atoms with Crippen LogP contribution in [0, 0.1) is 5.92 Å². The van der Waals surface area contributed by atoms with Gasteiger partial charge in [-0.05, 0) is 30.9 Å². The number of hydrogen-bond donors (Lipinski definition) is 2. The summed E-state index contributed by atoms with van der Waals surface area (Å²) >= 11 is 0. The average molecular weight is 207 g/mol. The number of benzene rings is 1. The van der Waals surface area contributed by atoms with Crippen molar-refractivity contribution >= 4 is 0 Å². The third-order valence-electron chi connectivity index (χ3n) is 2.81. The van der Waals surface area contributed by atoms with Crippen molar-refractivity contribution in [1.82, 2.24) is 0 Å². The van der Waals surface area contributed by atoms with Crippen LogP contribution in [0.3, 0.4) is 0 Å². The van der Waals surface area contributed by atoms with Gasteiger partial charge < -0.3 is 15.6 Å². The molecule has 0 bridgehead atoms. The second-order valence-electron chi connectivity index (χ2n) is 4.07. The van der Waals surface area contributed by atoms with E-state index in [0.717, 1.165) is 18.6 Å². The van der Waals surface area contributed by atoms with Crippen LogP contribution >= 0.6 is 0 Å². The van der Waals surface area contributed by atoms with E-state index in [1.54, 1.807) is 0 Å². The number of rotatable bonds is 5. The predicted molar refractivity (Wildman–Crippen MR) is 58.6 cm³/mol. The lowest BCUT2D eigenvalue weighted by Crippen LogP contribution is -2.43. The lowest BCUT2D eigenvalue weighted by Gasteiger charge is -2.23. The fourth-order valence-corrected chi connectivity index (χ4v) is 1.70. The summed E-state index contributed by atoms with van der Waals surface area (Å²) in [6, 6.07) is 9.46. The monoisotopic (exact) mass is 207 g/mol. The van der Waals surface area contributed by atoms with Gasteiger partial charge in [-0.3, -0.25) is 0 Å². The maximum absolute atomic E-state index is 9.23. The number of aliphatic hydroxyl groups excluding tert-OH is 1. The zero-order valence-electron chi connectivity index (χ0n) is 8.67. The lowest BCUT2D eigenvalue weighted by atomic mass is 10.1. The molecule has 15 heavy (non-hydrogen) atoms. The Morgan fingerprint density at radius 2 is 2.00 bits per heavy atom. The first-order valence-electron chi connectivity index (χ1n) is 5.39. The molecule has 3 heteroatoms. The van der Waals surface area contributed by atoms with Crippen LogP contribution in [0.15, 0.2) is 30.3 Å². The van der Waals surface area contributed by atoms with Gasteiger partial charge in [-0.25, -0.2) is 0 Å². The van der Waals surface area contributed by atoms with E-state index >= 15 is 0 Å². The van der Waals surface area contributed by atoms with Crippen LogP contribution in [-0.4, -0.2) is 23.9 Å². The van der Waals surface area contributed by atoms with Crippen molar-refractivity contribution in [2.75, 3.05) is 6.61 Å². The Morgan fingerprint density at radius 3 is 2.53 bits per heavy atom. The summed E-state index contributed by atoms with van der Waals surface area (Å²) in [5.41, 5.74) is 6.00. The first-order chi connectivity index (χ1) is 7.31. The van der Waals surface area contributed by atoms with Gasteiger partial charge in [-0.2, -0.15) is 0 Å². The SMILES string of the molecule is NC(C1CC1)C(CO)Oc1ccccc1. The molecule has 3 N–H and O–H groups in total. The lowest BCUT2D eigenvalue weighted by molar-refractivity contribution is 0.0882. The molecule has 1 aliphatic carbocycles. The molecule has 1 aromatic rings. The average Bonchev–Trinajstić information content (AvgIpc) is 3.10. The normalized spacial score (nSPS) is 19.6. The van der Waals surface area contributed by atoms with Gasteiger partial charge in [0.05, 0.1) is 6.61 Å². The van der Waals surface area contributed by atoms with Crippen LogP contribution in [0.2, 0.25) is 0 Å². The highest BCUT2D eigenvalue weighted by Gasteiger charge is 2.34. The summed E-state index contributed by atoms with van der Waals surface area (Å²) in [5, 5.41) is 9.23. The summed E-state index contributed by atoms with van der Waals surface area (Å²) in [7, 11) is 0. The molecular formula is C12H17NO2. The summed E-state index contributed by atoms with van der Waals surface area (Å²) < 4.78 is 5.65. The molecule has 0 amide bonds. The van der Waals surface area contributed by atoms with Crippen LogP contribution in [0.25, 0.3) is 0 Å². The second kappa shape index (κ2) is 4.64. The van der Waals surface area contributed by atoms with Crippen LogP contribution in [0.4, 0.5) is 0 Å². The number of hydrogen-bond acceptors (Lipinski definition) is 3. The number of aliphatic hydroxyl groups is 1. The van der Waals surface area contributed by atoms with Gasteiger partial charge in [0.15, 0.2) is 0 Å². The zero-order chi connectivity index (χ0) is 10.7. The Morgan fingerprint density at radius 1 is 1.33 bits per heavy atom. The standard InChI is InChI=1S/C12H17NO2/c13-12(9-6-7-9)11(8-14)15-10-4-2-1-3-5-10/h1-5,9,11-12,14H,6-8,13H2. The second-order valence-corrected chi connectivity index (χ2v) is 4.07. The maximum Gasteiger partial charge on any atom is 0.137 e. The maximum atomic E-state index is 9.23. The van der Waals surface area contributed by atoms with E-state index in [1.165, 1.54) is 0 Å². The molecule has 0 heterocycles. The quantitative estimate of drug-likeness (QED) is 0.762. The van der Waals surface area contributed by atoms with Gasteiger partial charge in [0.1, 0.15) is 11.9 Å². The van der Waals surface area contributed by atoms with E-state index in [9.17, 15) is 5.11 Å². The Hall–Kier alpha value is -1.06. The largest absolute Gasteiger partial charge is 0.486 e. The van der Waals surface area contributed by atoms with Gasteiger partial charge in [0.2, 0.25) is 0 Å². The van der Waals surface area contributed by atoms with Crippen molar-refractivity contribution in [2.45, 2.75) is 25.0 Å². The molecule has 2 rings (SSSR count). The van der Waals surface area contributed by atoms with E-state index in [2.05, 4.69) is 0 Å². The molecule has 1 saturated carbocycles. The van der Waals surface area contributed by atoms with E-state index in [1.807, 2.05) is 30.3 Å². The molecule has 2 unspecified atom stereocenters. The van der Waals surface area contributed by atoms with Crippen LogP contribution in [0.5, 0.6) is 5.75 Å². The molecule has 0 spiro atoms. The molecule has 0 saturated heterocycles. The van der Waals surface area contributed by atoms with Gasteiger partial charge in [0, 0.05) is 6.04 Å². The van der Waals surface area contributed by atoms with E-state index in [-0.39, 0.29) is 18.8 Å². The molecule has 0 aromatic heterocycles. The molecule has 0 radical (unpaired) electrons. The minimum Gasteiger partial charge on any atom is -0.486 e. The van der Waals surface area contributed by atoms with Crippen molar-refractivity contribution < 1.29 is 9.84 Å². The minimum atomic E-state index is -0.278. The minimum absolute atomic E-state index is 0.0213. The van der Waals surface area contributed by atoms with Crippen LogP contribution in [-0.2, 0) is 0 Å². The summed E-state index contributed by atoms with van der Waals surface area (Å²) in [6.45, 7) is -0.0213. The third kappa shape index (κ3) is 2.70. The molecule has 1 aliphatic rings. The zero-order valence-corrected chi connectivity index (χ0v) is 8.67. The Labute approximate surface area is 89.9 Å². The predicted octanol–water partition coefficient (Wildman–Crippen LogP) is 1.16. The van der Waals surface area contributed by atoms with Gasteiger partial charge in [-0.15, -0.1) is 0 Å². The van der Waals surface area contributed by atoms with Crippen LogP contribution in [0.1, 0.15) is 12.8 Å². The first-order valence-corrected chi connectivity index (χ1v) is 5.39. The van der Waals surface area contributed by atoms with Gasteiger partial charge in [0.25, 0.3) is 0 Å². The third-order valence-corrected chi connectivity index (χ3v) is 2.81. The molecule has 3 nitrogen and oxygen atoms in total. The molecule has 0 aliphatic heterocycles. The molecule has 2 atom stereocenters. The summed E-state index contributed by atoms with van der Waals surface area (Å²) in [5.74, 6) is 1.30. The van der Waals surface area contributed by atoms with Crippen molar-refractivity contribution in [2.24, 2.45) is 11.7 Å². The number of para-hydroxylation sites is 1. The molecular weight excluding hydrogens is 190 g/mol. The molecule has 1 aromatic carbocycles. The Bertz CT molecular complexity index is 298. The summed E-state index contributed by atoms with van der Waals surface area (Å²) in [4.78, 5) is 0. The number of ether oxygens (including phenoxy) is 1. The highest BCUT2D eigenvalue weighted by molar-refractivity contribution is 5.21. The summed E-state index contributed by atoms with van der Waals surface area (Å²) in [6.07, 6.45) is 2.05. The van der Waals surface area contributed by atoms with Crippen molar-refractivity contribution in [1.29, 1.82) is 0 Å². The molecule has 1 fully saturated rings. The fraction of sp³-hybridized carbons (Fsp3) is 0.500. The highest BCUT2D eigenvalue weighted by Crippen LogP contribution is 2.33.